The van der Waals surface area contributed by atoms with Crippen LogP contribution in [0.2, 0.25) is 0 Å². The van der Waals surface area contributed by atoms with Crippen molar-refractivity contribution in [1.29, 1.82) is 21.0 Å². The largest absolute Gasteiger partial charge is 0.366 e. The first kappa shape index (κ1) is 42.3. The van der Waals surface area contributed by atoms with E-state index in [1.807, 2.05) is 38.1 Å². The van der Waals surface area contributed by atoms with E-state index in [0.29, 0.717) is 33.6 Å². The van der Waals surface area contributed by atoms with Gasteiger partial charge in [0.1, 0.15) is 36.6 Å². The van der Waals surface area contributed by atoms with Crippen LogP contribution in [0, 0.1) is 59.2 Å². The van der Waals surface area contributed by atoms with Gasteiger partial charge in [-0.1, -0.05) is 0 Å². The highest BCUT2D eigenvalue weighted by molar-refractivity contribution is 5.61. The van der Waals surface area contributed by atoms with Gasteiger partial charge in [-0.25, -0.2) is 0 Å². The zero-order valence-electron chi connectivity index (χ0n) is 34.0. The van der Waals surface area contributed by atoms with Crippen LogP contribution in [-0.2, 0) is 0 Å². The van der Waals surface area contributed by atoms with Crippen molar-refractivity contribution >= 4 is 34.1 Å². The first-order valence-electron chi connectivity index (χ1n) is 18.8. The van der Waals surface area contributed by atoms with E-state index in [0.717, 1.165) is 95.2 Å². The Bertz CT molecular complexity index is 2080. The number of rotatable bonds is 17. The molecule has 0 fully saturated rings. The van der Waals surface area contributed by atoms with Gasteiger partial charge in [0.25, 0.3) is 0 Å². The Balaban J connectivity index is 1.31. The third-order valence-electron chi connectivity index (χ3n) is 10.1. The maximum atomic E-state index is 9.47. The van der Waals surface area contributed by atoms with E-state index in [1.165, 1.54) is 12.1 Å². The highest BCUT2D eigenvalue weighted by atomic mass is 15.4. The van der Waals surface area contributed by atoms with Crippen molar-refractivity contribution in [2.75, 3.05) is 90.3 Å². The van der Waals surface area contributed by atoms with Gasteiger partial charge in [-0.15, -0.1) is 10.2 Å². The van der Waals surface area contributed by atoms with E-state index in [2.05, 4.69) is 109 Å². The molecule has 4 aromatic rings. The molecule has 0 radical (unpaired) electrons. The van der Waals surface area contributed by atoms with Crippen molar-refractivity contribution in [3.05, 3.63) is 106 Å². The van der Waals surface area contributed by atoms with Gasteiger partial charge in [-0.2, -0.15) is 31.3 Å². The van der Waals surface area contributed by atoms with Crippen molar-refractivity contribution in [2.24, 2.45) is 20.5 Å². The van der Waals surface area contributed by atoms with Crippen LogP contribution < -0.4 is 9.80 Å². The summed E-state index contributed by atoms with van der Waals surface area (Å²) in [7, 11) is 9.24. The minimum Gasteiger partial charge on any atom is -0.366 e. The average Bonchev–Trinajstić information content (AvgIpc) is 3.19. The number of likely N-dealkylation sites (N-methyl/N-ethyl adjacent to an activating group) is 4. The molecule has 56 heavy (non-hydrogen) atoms. The van der Waals surface area contributed by atoms with Crippen molar-refractivity contribution in [3.8, 4) is 24.3 Å². The van der Waals surface area contributed by atoms with Gasteiger partial charge in [0.2, 0.25) is 0 Å². The lowest BCUT2D eigenvalue weighted by atomic mass is 10.1. The molecule has 4 aromatic carbocycles. The number of nitriles is 4. The van der Waals surface area contributed by atoms with Crippen LogP contribution >= 0.6 is 0 Å². The first-order chi connectivity index (χ1) is 26.7. The van der Waals surface area contributed by atoms with E-state index in [-0.39, 0.29) is 0 Å². The molecular formula is C44H52N12+2. The summed E-state index contributed by atoms with van der Waals surface area (Å²) in [4.78, 5) is 4.79. The van der Waals surface area contributed by atoms with Crippen molar-refractivity contribution < 1.29 is 8.97 Å². The van der Waals surface area contributed by atoms with Gasteiger partial charge in [0.05, 0.1) is 100 Å². The number of hydrogen-bond acceptors (Lipinski definition) is 10. The van der Waals surface area contributed by atoms with E-state index < -0.39 is 0 Å². The number of hydrogen-bond donors (Lipinski definition) is 0. The molecule has 0 saturated heterocycles. The van der Waals surface area contributed by atoms with Crippen molar-refractivity contribution in [1.82, 2.24) is 0 Å². The molecule has 0 atom stereocenters. The van der Waals surface area contributed by atoms with Crippen molar-refractivity contribution in [3.63, 3.8) is 0 Å². The number of quaternary nitrogens is 2. The van der Waals surface area contributed by atoms with E-state index in [9.17, 15) is 10.5 Å². The maximum absolute atomic E-state index is 9.47. The van der Waals surface area contributed by atoms with Gasteiger partial charge in [0, 0.05) is 24.5 Å². The van der Waals surface area contributed by atoms with Crippen LogP contribution in [0.1, 0.15) is 47.2 Å². The second-order valence-corrected chi connectivity index (χ2v) is 15.2. The third kappa shape index (κ3) is 11.5. The second-order valence-electron chi connectivity index (χ2n) is 15.2. The molecule has 0 heterocycles. The molecule has 0 aromatic heterocycles. The fraction of sp³-hybridized carbons (Fsp3) is 0.364. The molecule has 4 rings (SSSR count). The van der Waals surface area contributed by atoms with Crippen molar-refractivity contribution in [2.45, 2.75) is 27.7 Å². The molecule has 0 amide bonds. The topological polar surface area (TPSA) is 151 Å². The van der Waals surface area contributed by atoms with Crippen LogP contribution in [0.25, 0.3) is 0 Å². The van der Waals surface area contributed by atoms with Crippen LogP contribution in [0.5, 0.6) is 0 Å². The molecule has 0 saturated carbocycles. The summed E-state index contributed by atoms with van der Waals surface area (Å²) >= 11 is 0. The monoisotopic (exact) mass is 748 g/mol. The summed E-state index contributed by atoms with van der Waals surface area (Å²) in [6.45, 7) is 16.1. The molecule has 286 valence electrons. The Morgan fingerprint density at radius 3 is 1.16 bits per heavy atom. The van der Waals surface area contributed by atoms with Crippen LogP contribution in [-0.4, -0.2) is 89.5 Å². The molecule has 0 unspecified atom stereocenters. The minimum absolute atomic E-state index is 0.322. The lowest BCUT2D eigenvalue weighted by Gasteiger charge is -2.38. The smallest absolute Gasteiger partial charge is 0.128 e. The predicted molar refractivity (Wildman–Crippen MR) is 222 cm³/mol. The molecule has 12 nitrogen and oxygen atoms in total. The number of azo groups is 2. The molecule has 0 aliphatic heterocycles. The number of anilines is 2. The minimum atomic E-state index is 0.322. The highest BCUT2D eigenvalue weighted by Gasteiger charge is 2.24. The Morgan fingerprint density at radius 1 is 0.482 bits per heavy atom. The van der Waals surface area contributed by atoms with Gasteiger partial charge in [-0.3, -0.25) is 0 Å². The third-order valence-corrected chi connectivity index (χ3v) is 10.1. The highest BCUT2D eigenvalue weighted by Crippen LogP contribution is 2.30. The van der Waals surface area contributed by atoms with E-state index >= 15 is 0 Å². The Labute approximate surface area is 332 Å². The molecular weight excluding hydrogens is 697 g/mol. The Morgan fingerprint density at radius 2 is 0.839 bits per heavy atom. The Kier molecular flexibility index (Phi) is 14.5. The molecule has 0 bridgehead atoms. The van der Waals surface area contributed by atoms with Crippen LogP contribution in [0.4, 0.5) is 34.1 Å². The zero-order valence-corrected chi connectivity index (χ0v) is 34.0. The molecule has 0 spiro atoms. The lowest BCUT2D eigenvalue weighted by molar-refractivity contribution is -0.944. The summed E-state index contributed by atoms with van der Waals surface area (Å²) in [6, 6.07) is 30.3. The zero-order chi connectivity index (χ0) is 40.9. The van der Waals surface area contributed by atoms with Crippen LogP contribution in [0.3, 0.4) is 0 Å². The van der Waals surface area contributed by atoms with Gasteiger partial charge < -0.3 is 18.8 Å². The summed E-state index contributed by atoms with van der Waals surface area (Å²) in [5.41, 5.74) is 8.11. The summed E-state index contributed by atoms with van der Waals surface area (Å²) in [6.07, 6.45) is 0. The normalized spacial score (nSPS) is 11.6. The molecule has 0 aliphatic rings. The fourth-order valence-electron chi connectivity index (χ4n) is 6.16. The number of nitrogens with zero attached hydrogens (tertiary/aromatic N) is 12. The molecule has 12 heteroatoms. The van der Waals surface area contributed by atoms with Gasteiger partial charge >= 0.3 is 0 Å². The second kappa shape index (κ2) is 19.2. The predicted octanol–water partition coefficient (Wildman–Crippen LogP) is 9.13. The fourth-order valence-corrected chi connectivity index (χ4v) is 6.16. The van der Waals surface area contributed by atoms with E-state index in [4.69, 9.17) is 10.5 Å². The van der Waals surface area contributed by atoms with E-state index in [1.54, 1.807) is 24.3 Å². The Hall–Kier alpha value is -6.44. The molecule has 0 aliphatic carbocycles. The van der Waals surface area contributed by atoms with Gasteiger partial charge in [-0.05, 0) is 112 Å². The molecule has 0 N–H and O–H groups in total. The average molecular weight is 749 g/mol. The number of benzene rings is 4. The quantitative estimate of drug-likeness (QED) is 0.0776. The summed E-state index contributed by atoms with van der Waals surface area (Å²) in [5.74, 6) is 0. The summed E-state index contributed by atoms with van der Waals surface area (Å²) < 4.78 is 1.81. The lowest BCUT2D eigenvalue weighted by Crippen LogP contribution is -2.54. The first-order valence-corrected chi connectivity index (χ1v) is 18.8. The van der Waals surface area contributed by atoms with Gasteiger partial charge in [0.15, 0.2) is 0 Å². The summed E-state index contributed by atoms with van der Waals surface area (Å²) in [5, 5.41) is 54.7. The SMILES string of the molecule is CCN(CC[N+](C)(C)CC[N+](C)(C)CCN(CC)c1ccc(N=Nc2ccc(C#N)cc2C#N)c(C)c1)c1ccc(N=Nc2ccc(C#N)cc2C#N)c(C)c1. The van der Waals surface area contributed by atoms with Crippen LogP contribution in [0.15, 0.2) is 93.3 Å². The number of aryl methyl sites for hydroxylation is 2. The standard InChI is InChI=1S/C44H52N12/c1-9-53(39-13-17-41(33(3)25-39)49-51-43-15-11-35(29-45)27-37(43)31-47)19-21-55(5,6)23-24-56(7,8)22-20-54(10-2)40-14-18-42(34(4)26-40)50-52-44-16-12-36(30-46)28-38(44)32-48/h11-18,25-28H,9-10,19-24H2,1-8H3/q+2. The maximum Gasteiger partial charge on any atom is 0.128 e.